The van der Waals surface area contributed by atoms with Crippen LogP contribution in [0.2, 0.25) is 0 Å². The Morgan fingerprint density at radius 1 is 1.13 bits per heavy atom. The van der Waals surface area contributed by atoms with Crippen molar-refractivity contribution in [2.75, 3.05) is 13.2 Å². The molecule has 1 atom stereocenters. The van der Waals surface area contributed by atoms with Crippen molar-refractivity contribution in [3.8, 4) is 0 Å². The van der Waals surface area contributed by atoms with Gasteiger partial charge in [0.25, 0.3) is 0 Å². The lowest BCUT2D eigenvalue weighted by Crippen LogP contribution is -2.47. The van der Waals surface area contributed by atoms with E-state index in [0.29, 0.717) is 18.6 Å². The molecule has 8 heteroatoms. The van der Waals surface area contributed by atoms with E-state index in [1.807, 2.05) is 30.3 Å². The molecule has 4 rings (SSSR count). The predicted octanol–water partition coefficient (Wildman–Crippen LogP) is 2.73. The van der Waals surface area contributed by atoms with Crippen LogP contribution in [0.15, 0.2) is 64.4 Å². The minimum atomic E-state index is -0.842. The lowest BCUT2D eigenvalue weighted by Gasteiger charge is -2.28. The van der Waals surface area contributed by atoms with Gasteiger partial charge in [-0.15, -0.1) is 0 Å². The number of hydrogen-bond acceptors (Lipinski definition) is 6. The van der Waals surface area contributed by atoms with Crippen molar-refractivity contribution in [2.45, 2.75) is 31.2 Å². The second-order valence-electron chi connectivity index (χ2n) is 7.18. The number of urea groups is 1. The fraction of sp³-hybridized carbons (Fsp3) is 0.318. The Bertz CT molecular complexity index is 976. The highest BCUT2D eigenvalue weighted by atomic mass is 16.5. The summed E-state index contributed by atoms with van der Waals surface area (Å²) in [5.41, 5.74) is 0.556. The van der Waals surface area contributed by atoms with Gasteiger partial charge in [0, 0.05) is 0 Å². The fourth-order valence-corrected chi connectivity index (χ4v) is 3.62. The quantitative estimate of drug-likeness (QED) is 0.680. The van der Waals surface area contributed by atoms with Crippen LogP contribution in [0.25, 0.3) is 0 Å². The SMILES string of the molecule is CCOC(=O)C1=C(COC(=O)C2(c3ccccc3)CC2)NC(=O)NC1c1ccco1. The van der Waals surface area contributed by atoms with Crippen molar-refractivity contribution in [1.29, 1.82) is 0 Å². The minimum Gasteiger partial charge on any atom is -0.467 e. The summed E-state index contributed by atoms with van der Waals surface area (Å²) in [7, 11) is 0. The zero-order chi connectivity index (χ0) is 21.1. The minimum absolute atomic E-state index is 0.142. The Hall–Kier alpha value is -3.55. The maximum Gasteiger partial charge on any atom is 0.338 e. The summed E-state index contributed by atoms with van der Waals surface area (Å²) in [4.78, 5) is 37.7. The van der Waals surface area contributed by atoms with Gasteiger partial charge in [-0.25, -0.2) is 9.59 Å². The summed E-state index contributed by atoms with van der Waals surface area (Å²) in [6.07, 6.45) is 2.84. The molecule has 2 N–H and O–H groups in total. The normalized spacial score (nSPS) is 19.5. The summed E-state index contributed by atoms with van der Waals surface area (Å²) in [5, 5.41) is 5.23. The molecule has 1 aliphatic carbocycles. The van der Waals surface area contributed by atoms with Crippen molar-refractivity contribution in [1.82, 2.24) is 10.6 Å². The van der Waals surface area contributed by atoms with Crippen molar-refractivity contribution in [2.24, 2.45) is 0 Å². The second kappa shape index (κ2) is 8.06. The van der Waals surface area contributed by atoms with Crippen molar-refractivity contribution >= 4 is 18.0 Å². The lowest BCUT2D eigenvalue weighted by atomic mass is 9.96. The van der Waals surface area contributed by atoms with E-state index < -0.39 is 23.5 Å². The highest BCUT2D eigenvalue weighted by molar-refractivity contribution is 5.95. The van der Waals surface area contributed by atoms with Crippen LogP contribution in [0.1, 0.15) is 37.1 Å². The van der Waals surface area contributed by atoms with E-state index in [4.69, 9.17) is 13.9 Å². The molecule has 2 aromatic rings. The van der Waals surface area contributed by atoms with E-state index in [-0.39, 0.29) is 30.5 Å². The number of hydrogen-bond donors (Lipinski definition) is 2. The van der Waals surface area contributed by atoms with E-state index in [9.17, 15) is 14.4 Å². The highest BCUT2D eigenvalue weighted by Crippen LogP contribution is 2.49. The van der Waals surface area contributed by atoms with Gasteiger partial charge in [-0.3, -0.25) is 4.79 Å². The standard InChI is InChI=1S/C22H22N2O6/c1-2-28-19(25)17-15(23-21(27)24-18(17)16-9-6-12-29-16)13-30-20(26)22(10-11-22)14-7-4-3-5-8-14/h3-9,12,18H,2,10-11,13H2,1H3,(H2,23,24,27). The Balaban J connectivity index is 1.59. The average molecular weight is 410 g/mol. The van der Waals surface area contributed by atoms with E-state index in [1.54, 1.807) is 19.1 Å². The molecule has 0 radical (unpaired) electrons. The molecular formula is C22H22N2O6. The molecule has 2 amide bonds. The van der Waals surface area contributed by atoms with Gasteiger partial charge < -0.3 is 24.5 Å². The topological polar surface area (TPSA) is 107 Å². The lowest BCUT2D eigenvalue weighted by molar-refractivity contribution is -0.146. The number of carbonyl (C=O) groups is 3. The van der Waals surface area contributed by atoms with Crippen LogP contribution in [-0.2, 0) is 24.5 Å². The number of amides is 2. The van der Waals surface area contributed by atoms with Crippen LogP contribution in [0.3, 0.4) is 0 Å². The highest BCUT2D eigenvalue weighted by Gasteiger charge is 2.53. The van der Waals surface area contributed by atoms with Gasteiger partial charge in [0.15, 0.2) is 0 Å². The van der Waals surface area contributed by atoms with Crippen molar-refractivity contribution in [3.63, 3.8) is 0 Å². The first-order valence-corrected chi connectivity index (χ1v) is 9.79. The third kappa shape index (κ3) is 3.68. The number of furan rings is 1. The largest absolute Gasteiger partial charge is 0.467 e. The molecule has 1 aromatic heterocycles. The van der Waals surface area contributed by atoms with Crippen molar-refractivity contribution < 1.29 is 28.3 Å². The Labute approximate surface area is 173 Å². The van der Waals surface area contributed by atoms with Gasteiger partial charge in [-0.05, 0) is 37.5 Å². The first-order chi connectivity index (χ1) is 14.5. The van der Waals surface area contributed by atoms with Crippen LogP contribution >= 0.6 is 0 Å². The van der Waals surface area contributed by atoms with Gasteiger partial charge in [0.05, 0.1) is 29.6 Å². The number of nitrogens with one attached hydrogen (secondary N) is 2. The molecule has 30 heavy (non-hydrogen) atoms. The molecule has 0 spiro atoms. The molecule has 8 nitrogen and oxygen atoms in total. The molecule has 1 fully saturated rings. The Kier molecular flexibility index (Phi) is 5.31. The van der Waals surface area contributed by atoms with Crippen LogP contribution in [0, 0.1) is 0 Å². The summed E-state index contributed by atoms with van der Waals surface area (Å²) in [6.45, 7) is 1.59. The molecule has 1 aromatic carbocycles. The van der Waals surface area contributed by atoms with E-state index in [0.717, 1.165) is 5.56 Å². The predicted molar refractivity (Wildman–Crippen MR) is 105 cm³/mol. The number of carbonyl (C=O) groups excluding carboxylic acids is 3. The Morgan fingerprint density at radius 2 is 1.90 bits per heavy atom. The van der Waals surface area contributed by atoms with E-state index in [1.165, 1.54) is 6.26 Å². The first-order valence-electron chi connectivity index (χ1n) is 9.79. The molecule has 2 aliphatic rings. The summed E-state index contributed by atoms with van der Waals surface area (Å²) >= 11 is 0. The van der Waals surface area contributed by atoms with Crippen LogP contribution in [-0.4, -0.2) is 31.2 Å². The molecule has 0 saturated heterocycles. The molecule has 0 bridgehead atoms. The second-order valence-corrected chi connectivity index (χ2v) is 7.18. The summed E-state index contributed by atoms with van der Waals surface area (Å²) in [6, 6.07) is 11.4. The third-order valence-corrected chi connectivity index (χ3v) is 5.29. The molecular weight excluding hydrogens is 388 g/mol. The van der Waals surface area contributed by atoms with Gasteiger partial charge in [0.2, 0.25) is 0 Å². The zero-order valence-corrected chi connectivity index (χ0v) is 16.5. The third-order valence-electron chi connectivity index (χ3n) is 5.29. The zero-order valence-electron chi connectivity index (χ0n) is 16.5. The monoisotopic (exact) mass is 410 g/mol. The number of benzene rings is 1. The van der Waals surface area contributed by atoms with Gasteiger partial charge in [-0.1, -0.05) is 30.3 Å². The maximum absolute atomic E-state index is 12.9. The number of ether oxygens (including phenoxy) is 2. The first kappa shape index (κ1) is 19.8. The van der Waals surface area contributed by atoms with E-state index >= 15 is 0 Å². The molecule has 1 aliphatic heterocycles. The molecule has 1 saturated carbocycles. The number of esters is 2. The fourth-order valence-electron chi connectivity index (χ4n) is 3.62. The van der Waals surface area contributed by atoms with Crippen LogP contribution < -0.4 is 10.6 Å². The van der Waals surface area contributed by atoms with Gasteiger partial charge >= 0.3 is 18.0 Å². The Morgan fingerprint density at radius 3 is 2.53 bits per heavy atom. The van der Waals surface area contributed by atoms with Gasteiger partial charge in [0.1, 0.15) is 18.4 Å². The molecule has 2 heterocycles. The molecule has 156 valence electrons. The van der Waals surface area contributed by atoms with Gasteiger partial charge in [-0.2, -0.15) is 0 Å². The van der Waals surface area contributed by atoms with Crippen LogP contribution in [0.5, 0.6) is 0 Å². The summed E-state index contributed by atoms with van der Waals surface area (Å²) in [5.74, 6) is -0.631. The van der Waals surface area contributed by atoms with Crippen LogP contribution in [0.4, 0.5) is 4.79 Å². The smallest absolute Gasteiger partial charge is 0.338 e. The maximum atomic E-state index is 12.9. The average Bonchev–Trinajstić information content (AvgIpc) is 3.38. The van der Waals surface area contributed by atoms with E-state index in [2.05, 4.69) is 10.6 Å². The summed E-state index contributed by atoms with van der Waals surface area (Å²) < 4.78 is 16.1. The molecule has 1 unspecified atom stereocenters. The van der Waals surface area contributed by atoms with Crippen molar-refractivity contribution in [3.05, 3.63) is 71.3 Å². The number of rotatable bonds is 7.